The Morgan fingerprint density at radius 1 is 1.37 bits per heavy atom. The van der Waals surface area contributed by atoms with Crippen molar-refractivity contribution in [3.8, 4) is 5.75 Å². The second-order valence-electron chi connectivity index (χ2n) is 4.91. The maximum absolute atomic E-state index is 12.1. The number of benzene rings is 1. The quantitative estimate of drug-likeness (QED) is 0.863. The van der Waals surface area contributed by atoms with E-state index in [1.807, 2.05) is 26.0 Å². The molecule has 2 rings (SSSR count). The zero-order chi connectivity index (χ0) is 14.2. The third kappa shape index (κ3) is 2.54. The normalized spacial score (nSPS) is 18.4. The summed E-state index contributed by atoms with van der Waals surface area (Å²) in [6.07, 6.45) is 0. The van der Waals surface area contributed by atoms with Crippen LogP contribution in [0.1, 0.15) is 29.5 Å². The number of aliphatic carboxylic acids is 1. The summed E-state index contributed by atoms with van der Waals surface area (Å²) < 4.78 is 5.50. The van der Waals surface area contributed by atoms with Crippen LogP contribution in [-0.2, 0) is 9.59 Å². The van der Waals surface area contributed by atoms with Crippen LogP contribution < -0.4 is 10.1 Å². The molecule has 0 saturated carbocycles. The van der Waals surface area contributed by atoms with Crippen molar-refractivity contribution in [3.63, 3.8) is 0 Å². The highest BCUT2D eigenvalue weighted by Crippen LogP contribution is 2.36. The maximum atomic E-state index is 12.1. The van der Waals surface area contributed by atoms with Gasteiger partial charge in [0.1, 0.15) is 24.3 Å². The summed E-state index contributed by atoms with van der Waals surface area (Å²) in [4.78, 5) is 22.8. The van der Waals surface area contributed by atoms with Crippen LogP contribution in [-0.4, -0.2) is 29.6 Å². The summed E-state index contributed by atoms with van der Waals surface area (Å²) in [5.41, 5.74) is 3.03. The van der Waals surface area contributed by atoms with Gasteiger partial charge in [-0.1, -0.05) is 6.07 Å². The molecule has 1 aliphatic rings. The van der Waals surface area contributed by atoms with Crippen molar-refractivity contribution in [2.24, 2.45) is 0 Å². The molecule has 0 aromatic heterocycles. The molecule has 0 bridgehead atoms. The number of carboxylic acid groups (broad SMARTS) is 1. The molecule has 1 aromatic rings. The number of amides is 1. The Morgan fingerprint density at radius 2 is 2.00 bits per heavy atom. The summed E-state index contributed by atoms with van der Waals surface area (Å²) in [6.45, 7) is 5.66. The van der Waals surface area contributed by atoms with Crippen LogP contribution in [0.25, 0.3) is 0 Å². The molecule has 0 spiro atoms. The van der Waals surface area contributed by atoms with E-state index in [-0.39, 0.29) is 12.5 Å². The Kier molecular flexibility index (Phi) is 3.46. The summed E-state index contributed by atoms with van der Waals surface area (Å²) in [6, 6.07) is 2.95. The molecule has 1 unspecified atom stereocenters. The van der Waals surface area contributed by atoms with Crippen molar-refractivity contribution in [1.82, 2.24) is 5.32 Å². The van der Waals surface area contributed by atoms with E-state index in [4.69, 9.17) is 9.84 Å². The molecular weight excluding hydrogens is 246 g/mol. The first kappa shape index (κ1) is 13.4. The van der Waals surface area contributed by atoms with Gasteiger partial charge in [-0.2, -0.15) is 0 Å². The van der Waals surface area contributed by atoms with E-state index >= 15 is 0 Å². The number of hydrogen-bond donors (Lipinski definition) is 2. The van der Waals surface area contributed by atoms with Crippen molar-refractivity contribution < 1.29 is 19.4 Å². The molecule has 0 saturated heterocycles. The van der Waals surface area contributed by atoms with Crippen LogP contribution in [0.3, 0.4) is 0 Å². The lowest BCUT2D eigenvalue weighted by Gasteiger charge is -2.13. The van der Waals surface area contributed by atoms with E-state index < -0.39 is 17.9 Å². The number of hydrogen-bond acceptors (Lipinski definition) is 3. The lowest BCUT2D eigenvalue weighted by atomic mass is 9.96. The van der Waals surface area contributed by atoms with Crippen molar-refractivity contribution in [2.45, 2.75) is 32.7 Å². The molecule has 5 heteroatoms. The number of nitrogens with one attached hydrogen (secondary N) is 1. The second kappa shape index (κ2) is 4.91. The smallest absolute Gasteiger partial charge is 0.325 e. The average Bonchev–Trinajstić information content (AvgIpc) is 2.72. The fraction of sp³-hybridized carbons (Fsp3) is 0.429. The number of rotatable bonds is 3. The number of fused-ring (bicyclic) bond motifs is 1. The zero-order valence-electron chi connectivity index (χ0n) is 11.2. The van der Waals surface area contributed by atoms with E-state index in [0.29, 0.717) is 5.75 Å². The summed E-state index contributed by atoms with van der Waals surface area (Å²) in [5, 5.41) is 11.3. The van der Waals surface area contributed by atoms with Gasteiger partial charge in [-0.15, -0.1) is 0 Å². The van der Waals surface area contributed by atoms with Gasteiger partial charge in [0.2, 0.25) is 5.91 Å². The van der Waals surface area contributed by atoms with Gasteiger partial charge in [0.05, 0.1) is 0 Å². The van der Waals surface area contributed by atoms with Gasteiger partial charge in [0.25, 0.3) is 0 Å². The highest BCUT2D eigenvalue weighted by molar-refractivity contribution is 5.89. The van der Waals surface area contributed by atoms with Crippen molar-refractivity contribution >= 4 is 11.9 Å². The van der Waals surface area contributed by atoms with Gasteiger partial charge >= 0.3 is 5.97 Å². The van der Waals surface area contributed by atoms with Crippen molar-refractivity contribution in [2.75, 3.05) is 6.61 Å². The molecule has 1 amide bonds. The minimum absolute atomic E-state index is 0.260. The van der Waals surface area contributed by atoms with Crippen LogP contribution >= 0.6 is 0 Å². The average molecular weight is 263 g/mol. The van der Waals surface area contributed by atoms with Crippen LogP contribution in [0.2, 0.25) is 0 Å². The molecule has 0 radical (unpaired) electrons. The Bertz CT molecular complexity index is 538. The number of carbonyl (C=O) groups is 2. The van der Waals surface area contributed by atoms with Gasteiger partial charge < -0.3 is 15.2 Å². The fourth-order valence-electron chi connectivity index (χ4n) is 2.06. The molecule has 1 aromatic carbocycles. The Labute approximate surface area is 111 Å². The standard InChI is InChI=1S/C14H17NO4/c1-7-4-10-11(6-19-12(10)5-8(7)2)13(16)15-9(3)14(17)18/h4-5,9,11H,6H2,1-3H3,(H,15,16)(H,17,18)/t9-,11?/m1/s1. The summed E-state index contributed by atoms with van der Waals surface area (Å²) in [5.74, 6) is -1.08. The molecule has 0 fully saturated rings. The SMILES string of the molecule is Cc1cc2c(cc1C)C(C(=O)N[C@H](C)C(=O)O)CO2. The monoisotopic (exact) mass is 263 g/mol. The lowest BCUT2D eigenvalue weighted by molar-refractivity contribution is -0.141. The van der Waals surface area contributed by atoms with Gasteiger partial charge in [-0.25, -0.2) is 0 Å². The highest BCUT2D eigenvalue weighted by atomic mass is 16.5. The molecule has 2 N–H and O–H groups in total. The topological polar surface area (TPSA) is 75.6 Å². The van der Waals surface area contributed by atoms with Crippen molar-refractivity contribution in [3.05, 3.63) is 28.8 Å². The Balaban J connectivity index is 2.20. The first-order chi connectivity index (χ1) is 8.90. The Morgan fingerprint density at radius 3 is 2.63 bits per heavy atom. The maximum Gasteiger partial charge on any atom is 0.325 e. The fourth-order valence-corrected chi connectivity index (χ4v) is 2.06. The van der Waals surface area contributed by atoms with E-state index in [2.05, 4.69) is 5.32 Å². The first-order valence-corrected chi connectivity index (χ1v) is 6.17. The van der Waals surface area contributed by atoms with E-state index in [1.165, 1.54) is 6.92 Å². The number of ether oxygens (including phenoxy) is 1. The highest BCUT2D eigenvalue weighted by Gasteiger charge is 2.32. The minimum Gasteiger partial charge on any atom is -0.492 e. The summed E-state index contributed by atoms with van der Waals surface area (Å²) >= 11 is 0. The van der Waals surface area contributed by atoms with E-state index in [0.717, 1.165) is 16.7 Å². The van der Waals surface area contributed by atoms with Crippen LogP contribution in [0.15, 0.2) is 12.1 Å². The molecule has 19 heavy (non-hydrogen) atoms. The number of carbonyl (C=O) groups excluding carboxylic acids is 1. The zero-order valence-corrected chi connectivity index (χ0v) is 11.2. The minimum atomic E-state index is -1.05. The predicted octanol–water partition coefficient (Wildman–Crippen LogP) is 1.37. The second-order valence-corrected chi connectivity index (χ2v) is 4.91. The Hall–Kier alpha value is -2.04. The molecular formula is C14H17NO4. The molecule has 5 nitrogen and oxygen atoms in total. The lowest BCUT2D eigenvalue weighted by Crippen LogP contribution is -2.41. The molecule has 102 valence electrons. The first-order valence-electron chi connectivity index (χ1n) is 6.17. The third-order valence-corrected chi connectivity index (χ3v) is 3.45. The molecule has 0 aliphatic carbocycles. The molecule has 2 atom stereocenters. The van der Waals surface area contributed by atoms with Gasteiger partial charge in [0.15, 0.2) is 0 Å². The largest absolute Gasteiger partial charge is 0.492 e. The number of carboxylic acids is 1. The summed E-state index contributed by atoms with van der Waals surface area (Å²) in [7, 11) is 0. The predicted molar refractivity (Wildman–Crippen MR) is 69.4 cm³/mol. The van der Waals surface area contributed by atoms with Crippen LogP contribution in [0.4, 0.5) is 0 Å². The van der Waals surface area contributed by atoms with Crippen LogP contribution in [0.5, 0.6) is 5.75 Å². The van der Waals surface area contributed by atoms with E-state index in [1.54, 1.807) is 0 Å². The van der Waals surface area contributed by atoms with Gasteiger partial charge in [0, 0.05) is 5.56 Å². The third-order valence-electron chi connectivity index (χ3n) is 3.45. The number of aryl methyl sites for hydroxylation is 2. The molecule has 1 heterocycles. The van der Waals surface area contributed by atoms with Crippen molar-refractivity contribution in [1.29, 1.82) is 0 Å². The van der Waals surface area contributed by atoms with Crippen LogP contribution in [0, 0.1) is 13.8 Å². The van der Waals surface area contributed by atoms with E-state index in [9.17, 15) is 9.59 Å². The molecule has 1 aliphatic heterocycles. The van der Waals surface area contributed by atoms with Gasteiger partial charge in [-0.05, 0) is 38.0 Å². The van der Waals surface area contributed by atoms with Gasteiger partial charge in [-0.3, -0.25) is 9.59 Å².